The fourth-order valence-corrected chi connectivity index (χ4v) is 10.2. The predicted octanol–water partition coefficient (Wildman–Crippen LogP) is 4.07. The number of rotatable bonds is 5. The highest BCUT2D eigenvalue weighted by Crippen LogP contribution is 2.38. The van der Waals surface area contributed by atoms with Gasteiger partial charge in [-0.1, -0.05) is 71.1 Å². The number of aliphatic hydroxyl groups excluding tert-OH is 3. The lowest BCUT2D eigenvalue weighted by Gasteiger charge is -2.42. The molecule has 1 unspecified atom stereocenters. The van der Waals surface area contributed by atoms with E-state index in [4.69, 9.17) is 25.7 Å². The number of ketones is 3. The molecule has 0 aromatic carbocycles. The number of methoxy groups -OCH3 is 1. The number of aliphatic hydroxyl groups is 4. The second-order valence-electron chi connectivity index (χ2n) is 21.0. The van der Waals surface area contributed by atoms with Crippen LogP contribution in [0.5, 0.6) is 0 Å². The van der Waals surface area contributed by atoms with Crippen molar-refractivity contribution in [2.24, 2.45) is 57.0 Å². The van der Waals surface area contributed by atoms with Crippen LogP contribution in [-0.4, -0.2) is 154 Å². The van der Waals surface area contributed by atoms with Crippen LogP contribution in [0.4, 0.5) is 0 Å². The number of hydrogen-bond acceptors (Lipinski definition) is 13. The number of amides is 1. The number of esters is 1. The van der Waals surface area contributed by atoms with Gasteiger partial charge in [-0.05, 0) is 107 Å². The van der Waals surface area contributed by atoms with E-state index < -0.39 is 95.8 Å². The lowest BCUT2D eigenvalue weighted by Crippen LogP contribution is -2.61. The zero-order chi connectivity index (χ0) is 52.9. The van der Waals surface area contributed by atoms with Gasteiger partial charge >= 0.3 is 5.97 Å². The van der Waals surface area contributed by atoms with Crippen molar-refractivity contribution in [3.8, 4) is 0 Å². The summed E-state index contributed by atoms with van der Waals surface area (Å²) >= 11 is 0. The molecule has 4 rings (SSSR count). The molecule has 0 aromatic heterocycles. The van der Waals surface area contributed by atoms with Crippen molar-refractivity contribution in [1.29, 1.82) is 0 Å². The number of nitrogens with two attached hydrogens (primary N) is 2. The minimum atomic E-state index is -2.54. The molecule has 15 atom stereocenters. The third-order valence-electron chi connectivity index (χ3n) is 14.9. The van der Waals surface area contributed by atoms with Crippen molar-refractivity contribution in [3.63, 3.8) is 0 Å². The number of Topliss-reactive ketones (excluding diaryl/α,β-unsaturated/α-hetero) is 3. The maximum atomic E-state index is 14.4. The van der Waals surface area contributed by atoms with E-state index >= 15 is 0 Å². The van der Waals surface area contributed by atoms with E-state index in [0.29, 0.717) is 63.4 Å². The molecular weight excluding hydrogens is 913 g/mol. The van der Waals surface area contributed by atoms with Gasteiger partial charge in [0.05, 0.1) is 24.4 Å². The molecule has 3 fully saturated rings. The van der Waals surface area contributed by atoms with E-state index in [1.165, 1.54) is 7.11 Å². The SMILES string of the molecule is CO[C@H]1C(=O)[C@H](C)C[C@H](C)/C=C/C=C/C=C(\C)C(N=C(N)N=C(N)N(C)C)C[C@@H]2CC[C@@H](C)[C@@](O)(O2)C(=O)C(=O)N2CCCC[C@H]2C(=O)O[C@H]([C@H](C)C[C@@H]2CC[C@@H](O)[C@H](O)C2)CC(=O)[C@H](C)/C=C(\C)[C@H]1O. The molecule has 2 saturated heterocycles. The maximum absolute atomic E-state index is 14.4. The van der Waals surface area contributed by atoms with Crippen LogP contribution in [0.25, 0.3) is 0 Å². The monoisotopic (exact) mass is 997 g/mol. The largest absolute Gasteiger partial charge is 0.460 e. The minimum Gasteiger partial charge on any atom is -0.460 e. The van der Waals surface area contributed by atoms with Gasteiger partial charge in [-0.2, -0.15) is 4.99 Å². The molecule has 18 nitrogen and oxygen atoms in total. The number of ether oxygens (including phenoxy) is 3. The van der Waals surface area contributed by atoms with Gasteiger partial charge in [0.2, 0.25) is 11.7 Å². The van der Waals surface area contributed by atoms with E-state index in [0.717, 1.165) is 10.5 Å². The van der Waals surface area contributed by atoms with E-state index in [1.807, 2.05) is 51.2 Å². The number of nitrogens with zero attached hydrogens (tertiary/aromatic N) is 4. The predicted molar refractivity (Wildman–Crippen MR) is 270 cm³/mol. The van der Waals surface area contributed by atoms with Gasteiger partial charge < -0.3 is 55.9 Å². The quantitative estimate of drug-likeness (QED) is 0.0745. The Hall–Kier alpha value is -4.59. The maximum Gasteiger partial charge on any atom is 0.329 e. The summed E-state index contributed by atoms with van der Waals surface area (Å²) in [6, 6.07) is -1.87. The van der Waals surface area contributed by atoms with Crippen LogP contribution in [0.15, 0.2) is 57.6 Å². The molecule has 71 heavy (non-hydrogen) atoms. The molecule has 1 saturated carbocycles. The summed E-state index contributed by atoms with van der Waals surface area (Å²) in [7, 11) is 4.77. The van der Waals surface area contributed by atoms with Gasteiger partial charge in [-0.3, -0.25) is 19.2 Å². The highest BCUT2D eigenvalue weighted by molar-refractivity contribution is 6.39. The smallest absolute Gasteiger partial charge is 0.329 e. The molecular formula is C53H84N6O12. The summed E-state index contributed by atoms with van der Waals surface area (Å²) in [5.74, 6) is -8.80. The van der Waals surface area contributed by atoms with E-state index in [1.54, 1.807) is 52.8 Å². The molecule has 4 aliphatic rings. The van der Waals surface area contributed by atoms with Gasteiger partial charge in [0.25, 0.3) is 11.7 Å². The van der Waals surface area contributed by atoms with Crippen LogP contribution in [0.2, 0.25) is 0 Å². The molecule has 8 N–H and O–H groups in total. The molecule has 1 amide bonds. The Morgan fingerprint density at radius 2 is 1.62 bits per heavy atom. The summed E-state index contributed by atoms with van der Waals surface area (Å²) in [4.78, 5) is 82.7. The van der Waals surface area contributed by atoms with Crippen molar-refractivity contribution in [2.45, 2.75) is 180 Å². The number of piperidine rings is 1. The first-order valence-electron chi connectivity index (χ1n) is 25.5. The topological polar surface area (TPSA) is 277 Å². The average molecular weight is 997 g/mol. The molecule has 2 bridgehead atoms. The molecule has 3 aliphatic heterocycles. The van der Waals surface area contributed by atoms with Gasteiger partial charge in [0, 0.05) is 58.3 Å². The van der Waals surface area contributed by atoms with Gasteiger partial charge in [0.1, 0.15) is 30.1 Å². The first-order chi connectivity index (χ1) is 33.4. The van der Waals surface area contributed by atoms with Crippen LogP contribution in [-0.2, 0) is 38.2 Å². The number of carbonyl (C=O) groups is 5. The minimum absolute atomic E-state index is 0.0329. The van der Waals surface area contributed by atoms with Crippen LogP contribution >= 0.6 is 0 Å². The fraction of sp³-hybridized carbons (Fsp3) is 0.717. The summed E-state index contributed by atoms with van der Waals surface area (Å²) < 4.78 is 18.0. The van der Waals surface area contributed by atoms with Crippen LogP contribution in [0, 0.1) is 35.5 Å². The summed E-state index contributed by atoms with van der Waals surface area (Å²) in [5.41, 5.74) is 13.4. The van der Waals surface area contributed by atoms with Crippen molar-refractivity contribution < 1.29 is 58.6 Å². The Kier molecular flexibility index (Phi) is 22.4. The lowest BCUT2D eigenvalue weighted by molar-refractivity contribution is -0.263. The second-order valence-corrected chi connectivity index (χ2v) is 21.0. The zero-order valence-corrected chi connectivity index (χ0v) is 43.7. The second kappa shape index (κ2) is 26.9. The number of aliphatic imine (C=N–C) groups is 2. The number of guanidine groups is 2. The number of hydrogen-bond donors (Lipinski definition) is 6. The Morgan fingerprint density at radius 1 is 0.915 bits per heavy atom. The standard InChI is InChI=1S/C53H84N6O12/c1-30-16-12-11-13-17-31(2)39(56-51(54)57-52(55)58(8)9)28-38-21-19-36(7)53(68,71-38)48(65)49(66)59-23-15-14-18-40(59)50(67)70-44(33(4)26-37-20-22-41(60)43(62)27-37)29-42(61)32(3)25-35(6)46(64)47(69-10)45(63)34(5)24-30/h11-13,16-17,25,30,32-34,36-41,43-44,46-47,60,62,64,68H,14-15,18-24,26-29H2,1-10H3,(H4,54,55,56,57)/b13-11+,16-12+,31-17+,35-25+/t30-,32-,33-,34-,36-,37+,38+,39?,40+,41-,43-,44+,46-,47+,53-/m1/s1. The first kappa shape index (κ1) is 59.0. The summed E-state index contributed by atoms with van der Waals surface area (Å²) in [5, 5.41) is 44.3. The van der Waals surface area contributed by atoms with Gasteiger partial charge in [0.15, 0.2) is 11.7 Å². The molecule has 0 spiro atoms. The fourth-order valence-electron chi connectivity index (χ4n) is 10.2. The van der Waals surface area contributed by atoms with Gasteiger partial charge in [-0.15, -0.1) is 0 Å². The Morgan fingerprint density at radius 3 is 2.28 bits per heavy atom. The normalized spacial score (nSPS) is 38.5. The van der Waals surface area contributed by atoms with E-state index in [2.05, 4.69) is 9.98 Å². The number of carbonyl (C=O) groups excluding carboxylic acids is 5. The van der Waals surface area contributed by atoms with Gasteiger partial charge in [-0.25, -0.2) is 9.79 Å². The first-order valence-corrected chi connectivity index (χ1v) is 25.5. The van der Waals surface area contributed by atoms with Crippen molar-refractivity contribution in [1.82, 2.24) is 9.80 Å². The average Bonchev–Trinajstić information content (AvgIpc) is 3.32. The van der Waals surface area contributed by atoms with Crippen molar-refractivity contribution >= 4 is 41.1 Å². The summed E-state index contributed by atoms with van der Waals surface area (Å²) in [6.45, 7) is 12.4. The third-order valence-corrected chi connectivity index (χ3v) is 14.9. The number of cyclic esters (lactones) is 1. The third kappa shape index (κ3) is 16.2. The Labute approximate surface area is 420 Å². The summed E-state index contributed by atoms with van der Waals surface area (Å²) in [6.07, 6.45) is 8.94. The van der Waals surface area contributed by atoms with Crippen LogP contribution in [0.3, 0.4) is 0 Å². The lowest BCUT2D eigenvalue weighted by atomic mass is 9.78. The highest BCUT2D eigenvalue weighted by atomic mass is 16.6. The number of allylic oxidation sites excluding steroid dienone is 6. The number of fused-ring (bicyclic) bond motifs is 3. The molecule has 18 heteroatoms. The Bertz CT molecular complexity index is 2050. The van der Waals surface area contributed by atoms with E-state index in [-0.39, 0.29) is 61.1 Å². The molecule has 0 aromatic rings. The molecule has 1 aliphatic carbocycles. The van der Waals surface area contributed by atoms with Crippen molar-refractivity contribution in [3.05, 3.63) is 47.6 Å². The zero-order valence-electron chi connectivity index (χ0n) is 43.7. The molecule has 3 heterocycles. The molecule has 398 valence electrons. The van der Waals surface area contributed by atoms with E-state index in [9.17, 15) is 44.4 Å². The van der Waals surface area contributed by atoms with Crippen LogP contribution < -0.4 is 11.5 Å². The Balaban J connectivity index is 1.76. The molecule has 0 radical (unpaired) electrons. The van der Waals surface area contributed by atoms with Crippen molar-refractivity contribution in [2.75, 3.05) is 27.7 Å². The van der Waals surface area contributed by atoms with Crippen LogP contribution in [0.1, 0.15) is 126 Å². The highest BCUT2D eigenvalue weighted by Gasteiger charge is 2.53.